The van der Waals surface area contributed by atoms with Crippen LogP contribution >= 0.6 is 15.9 Å². The molecule has 1 saturated heterocycles. The fraction of sp³-hybridized carbons (Fsp3) is 0.895. The molecule has 0 aromatic rings. The number of hydrogen-bond donors (Lipinski definition) is 1. The number of fused-ring (bicyclic) bond motifs is 2. The Morgan fingerprint density at radius 2 is 1.92 bits per heavy atom. The third-order valence-corrected chi connectivity index (χ3v) is 9.06. The van der Waals surface area contributed by atoms with Gasteiger partial charge in [-0.15, -0.1) is 0 Å². The van der Waals surface area contributed by atoms with Crippen molar-refractivity contribution in [3.63, 3.8) is 0 Å². The summed E-state index contributed by atoms with van der Waals surface area (Å²) in [6, 6.07) is 0. The average molecular weight is 399 g/mol. The maximum Gasteiger partial charge on any atom is 0.310 e. The van der Waals surface area contributed by atoms with Gasteiger partial charge in [0.2, 0.25) is 0 Å². The molecule has 1 spiro atoms. The summed E-state index contributed by atoms with van der Waals surface area (Å²) >= 11 is 3.74. The largest absolute Gasteiger partial charge is 0.481 e. The molecule has 4 nitrogen and oxygen atoms in total. The lowest BCUT2D eigenvalue weighted by atomic mass is 9.47. The van der Waals surface area contributed by atoms with Gasteiger partial charge in [-0.2, -0.15) is 0 Å². The molecule has 3 saturated carbocycles. The minimum absolute atomic E-state index is 0.0760. The van der Waals surface area contributed by atoms with Crippen LogP contribution in [0.2, 0.25) is 0 Å². The second-order valence-electron chi connectivity index (χ2n) is 9.48. The van der Waals surface area contributed by atoms with Crippen molar-refractivity contribution in [3.8, 4) is 0 Å². The number of rotatable bonds is 3. The van der Waals surface area contributed by atoms with Crippen LogP contribution in [0.4, 0.5) is 0 Å². The second-order valence-corrected chi connectivity index (χ2v) is 10.0. The zero-order chi connectivity index (χ0) is 17.3. The lowest BCUT2D eigenvalue weighted by molar-refractivity contribution is -0.191. The van der Waals surface area contributed by atoms with Crippen LogP contribution < -0.4 is 0 Å². The molecule has 5 heteroatoms. The van der Waals surface area contributed by atoms with Gasteiger partial charge < -0.3 is 9.84 Å². The van der Waals surface area contributed by atoms with Crippen molar-refractivity contribution in [2.24, 2.45) is 34.5 Å². The second kappa shape index (κ2) is 5.21. The maximum absolute atomic E-state index is 12.6. The molecule has 1 aliphatic heterocycles. The Labute approximate surface area is 151 Å². The zero-order valence-electron chi connectivity index (χ0n) is 14.5. The van der Waals surface area contributed by atoms with Crippen LogP contribution in [0.25, 0.3) is 0 Å². The fourth-order valence-electron chi connectivity index (χ4n) is 6.69. The third kappa shape index (κ3) is 2.15. The van der Waals surface area contributed by atoms with E-state index in [1.807, 2.05) is 0 Å². The van der Waals surface area contributed by atoms with E-state index in [1.54, 1.807) is 0 Å². The van der Waals surface area contributed by atoms with E-state index in [4.69, 9.17) is 4.74 Å². The van der Waals surface area contributed by atoms with Gasteiger partial charge in [0, 0.05) is 17.2 Å². The lowest BCUT2D eigenvalue weighted by Crippen LogP contribution is -2.59. The summed E-state index contributed by atoms with van der Waals surface area (Å²) in [7, 11) is 0. The number of carboxylic acid groups (broad SMARTS) is 1. The molecule has 0 radical (unpaired) electrons. The molecule has 2 bridgehead atoms. The van der Waals surface area contributed by atoms with E-state index in [2.05, 4.69) is 29.8 Å². The standard InChI is InChI=1S/C19H27BrO4/c1-17(2)8-14-13(17)4-6-18(10-20)5-3-12-11(7-15(21)22)16(23)24-19(12,14)9-18/h11-14H,3-10H2,1-2H3,(H,21,22)/t11?,12-,13?,14?,18?,19?/m0/s1. The van der Waals surface area contributed by atoms with Crippen LogP contribution in [0.5, 0.6) is 0 Å². The van der Waals surface area contributed by atoms with Gasteiger partial charge in [0.05, 0.1) is 12.3 Å². The number of ether oxygens (including phenoxy) is 1. The molecule has 1 heterocycles. The lowest BCUT2D eigenvalue weighted by Gasteiger charge is -2.59. The molecule has 6 atom stereocenters. The normalized spacial score (nSPS) is 48.5. The summed E-state index contributed by atoms with van der Waals surface area (Å²) in [4.78, 5) is 23.9. The van der Waals surface area contributed by atoms with Gasteiger partial charge in [-0.25, -0.2) is 0 Å². The van der Waals surface area contributed by atoms with E-state index < -0.39 is 17.5 Å². The Hall–Kier alpha value is -0.580. The molecule has 4 fully saturated rings. The first-order chi connectivity index (χ1) is 11.2. The smallest absolute Gasteiger partial charge is 0.310 e. The molecule has 4 aliphatic rings. The van der Waals surface area contributed by atoms with E-state index in [-0.39, 0.29) is 23.7 Å². The molecule has 24 heavy (non-hydrogen) atoms. The van der Waals surface area contributed by atoms with Gasteiger partial charge in [-0.3, -0.25) is 9.59 Å². The molecule has 5 unspecified atom stereocenters. The van der Waals surface area contributed by atoms with Crippen molar-refractivity contribution in [3.05, 3.63) is 0 Å². The monoisotopic (exact) mass is 398 g/mol. The van der Waals surface area contributed by atoms with E-state index in [0.717, 1.165) is 31.0 Å². The highest BCUT2D eigenvalue weighted by atomic mass is 79.9. The molecule has 3 aliphatic carbocycles. The summed E-state index contributed by atoms with van der Waals surface area (Å²) in [5.41, 5.74) is 0.120. The van der Waals surface area contributed by atoms with Crippen molar-refractivity contribution < 1.29 is 19.4 Å². The van der Waals surface area contributed by atoms with Crippen molar-refractivity contribution in [2.45, 2.75) is 64.4 Å². The summed E-state index contributed by atoms with van der Waals surface area (Å²) < 4.78 is 6.15. The van der Waals surface area contributed by atoms with Crippen LogP contribution in [0, 0.1) is 34.5 Å². The van der Waals surface area contributed by atoms with E-state index in [1.165, 1.54) is 12.8 Å². The summed E-state index contributed by atoms with van der Waals surface area (Å²) in [5, 5.41) is 10.2. The highest BCUT2D eigenvalue weighted by molar-refractivity contribution is 9.09. The third-order valence-electron chi connectivity index (χ3n) is 7.87. The molecular formula is C19H27BrO4. The van der Waals surface area contributed by atoms with E-state index >= 15 is 0 Å². The summed E-state index contributed by atoms with van der Waals surface area (Å²) in [6.45, 7) is 4.67. The van der Waals surface area contributed by atoms with Gasteiger partial charge in [0.25, 0.3) is 0 Å². The SMILES string of the molecule is CC1(C)CC2C1CCC1(CBr)CC[C@H]3C(CC(=O)O)C(=O)OC23C1. The minimum Gasteiger partial charge on any atom is -0.481 e. The van der Waals surface area contributed by atoms with E-state index in [9.17, 15) is 14.7 Å². The number of halogens is 1. The molecule has 1 N–H and O–H groups in total. The molecule has 134 valence electrons. The minimum atomic E-state index is -0.884. The predicted octanol–water partition coefficient (Wildman–Crippen LogP) is 4.01. The quantitative estimate of drug-likeness (QED) is 0.575. The molecule has 0 aromatic heterocycles. The number of carboxylic acids is 1. The Morgan fingerprint density at radius 1 is 1.25 bits per heavy atom. The van der Waals surface area contributed by atoms with Crippen LogP contribution in [0.1, 0.15) is 58.8 Å². The molecular weight excluding hydrogens is 372 g/mol. The number of hydrogen-bond acceptors (Lipinski definition) is 3. The predicted molar refractivity (Wildman–Crippen MR) is 92.7 cm³/mol. The van der Waals surface area contributed by atoms with Gasteiger partial charge in [0.15, 0.2) is 0 Å². The van der Waals surface area contributed by atoms with Crippen molar-refractivity contribution in [2.75, 3.05) is 5.33 Å². The van der Waals surface area contributed by atoms with Crippen LogP contribution in [-0.4, -0.2) is 28.0 Å². The first-order valence-corrected chi connectivity index (χ1v) is 10.4. The maximum atomic E-state index is 12.6. The van der Waals surface area contributed by atoms with Crippen LogP contribution in [-0.2, 0) is 14.3 Å². The van der Waals surface area contributed by atoms with Crippen LogP contribution in [0.15, 0.2) is 0 Å². The van der Waals surface area contributed by atoms with Crippen LogP contribution in [0.3, 0.4) is 0 Å². The van der Waals surface area contributed by atoms with E-state index in [0.29, 0.717) is 17.3 Å². The van der Waals surface area contributed by atoms with Gasteiger partial charge >= 0.3 is 11.9 Å². The topological polar surface area (TPSA) is 63.6 Å². The molecule has 0 amide bonds. The Kier molecular flexibility index (Phi) is 3.66. The molecule has 0 aromatic carbocycles. The molecule has 4 rings (SSSR count). The van der Waals surface area contributed by atoms with Crippen molar-refractivity contribution >= 4 is 27.9 Å². The fourth-order valence-corrected chi connectivity index (χ4v) is 7.45. The Morgan fingerprint density at radius 3 is 2.50 bits per heavy atom. The van der Waals surface area contributed by atoms with Crippen molar-refractivity contribution in [1.82, 2.24) is 0 Å². The van der Waals surface area contributed by atoms with Gasteiger partial charge in [-0.05, 0) is 55.3 Å². The Bertz CT molecular complexity index is 588. The zero-order valence-corrected chi connectivity index (χ0v) is 16.1. The van der Waals surface area contributed by atoms with Gasteiger partial charge in [0.1, 0.15) is 5.60 Å². The summed E-state index contributed by atoms with van der Waals surface area (Å²) in [6.07, 6.45) is 6.36. The Balaban J connectivity index is 1.75. The van der Waals surface area contributed by atoms with Crippen molar-refractivity contribution in [1.29, 1.82) is 0 Å². The number of aliphatic carboxylic acids is 1. The highest BCUT2D eigenvalue weighted by Gasteiger charge is 2.70. The first-order valence-electron chi connectivity index (χ1n) is 9.24. The first kappa shape index (κ1) is 16.9. The number of carbonyl (C=O) groups is 2. The average Bonchev–Trinajstić information content (AvgIpc) is 2.71. The number of alkyl halides is 1. The summed E-state index contributed by atoms with van der Waals surface area (Å²) in [5.74, 6) is -0.478. The van der Waals surface area contributed by atoms with Gasteiger partial charge in [-0.1, -0.05) is 29.8 Å². The number of esters is 1. The number of carbonyl (C=O) groups excluding carboxylic acids is 1. The highest BCUT2D eigenvalue weighted by Crippen LogP contribution is 2.69.